The number of anilines is 1. The molecule has 0 heterocycles. The normalized spacial score (nSPS) is 16.5. The van der Waals surface area contributed by atoms with E-state index < -0.39 is 17.4 Å². The number of nitrogens with one attached hydrogen (secondary N) is 2. The Kier molecular flexibility index (Phi) is 5.73. The Balaban J connectivity index is 2.10. The van der Waals surface area contributed by atoms with Crippen molar-refractivity contribution in [2.75, 3.05) is 5.32 Å². The van der Waals surface area contributed by atoms with Crippen LogP contribution in [0.2, 0.25) is 0 Å². The quantitative estimate of drug-likeness (QED) is 0.723. The summed E-state index contributed by atoms with van der Waals surface area (Å²) in [5.41, 5.74) is 0.104. The highest BCUT2D eigenvalue weighted by molar-refractivity contribution is 5.97. The Morgan fingerprint density at radius 3 is 2.42 bits per heavy atom. The Morgan fingerprint density at radius 2 is 1.79 bits per heavy atom. The van der Waals surface area contributed by atoms with Gasteiger partial charge in [-0.3, -0.25) is 9.59 Å². The van der Waals surface area contributed by atoms with E-state index in [4.69, 9.17) is 0 Å². The molecule has 1 aliphatic carbocycles. The number of rotatable bonds is 5. The van der Waals surface area contributed by atoms with E-state index in [1.165, 1.54) is 13.0 Å². The fourth-order valence-corrected chi connectivity index (χ4v) is 2.94. The third kappa shape index (κ3) is 4.44. The first-order chi connectivity index (χ1) is 11.4. The summed E-state index contributed by atoms with van der Waals surface area (Å²) >= 11 is 0. The van der Waals surface area contributed by atoms with Crippen LogP contribution < -0.4 is 10.6 Å². The van der Waals surface area contributed by atoms with Gasteiger partial charge in [0.05, 0.1) is 0 Å². The Morgan fingerprint density at radius 1 is 1.12 bits per heavy atom. The Labute approximate surface area is 140 Å². The minimum atomic E-state index is -1.17. The molecule has 1 aromatic rings. The number of hydrogen-bond acceptors (Lipinski definition) is 3. The summed E-state index contributed by atoms with van der Waals surface area (Å²) in [6.07, 6.45) is 6.35. The van der Waals surface area contributed by atoms with Crippen molar-refractivity contribution in [2.45, 2.75) is 44.6 Å². The smallest absolute Gasteiger partial charge is 0.329 e. The average molecular weight is 330 g/mol. The minimum Gasteiger partial charge on any atom is -0.480 e. The predicted octanol–water partition coefficient (Wildman–Crippen LogP) is 2.56. The van der Waals surface area contributed by atoms with E-state index in [0.29, 0.717) is 24.1 Å². The molecule has 1 aromatic carbocycles. The first kappa shape index (κ1) is 17.7. The van der Waals surface area contributed by atoms with Crippen LogP contribution in [0.15, 0.2) is 30.3 Å². The zero-order valence-electron chi connectivity index (χ0n) is 13.7. The van der Waals surface area contributed by atoms with Crippen molar-refractivity contribution in [1.82, 2.24) is 5.32 Å². The van der Waals surface area contributed by atoms with Gasteiger partial charge in [0.25, 0.3) is 0 Å². The molecule has 0 aliphatic heterocycles. The fraction of sp³-hybridized carbons (Fsp3) is 0.389. The molecule has 6 nitrogen and oxygen atoms in total. The van der Waals surface area contributed by atoms with Crippen LogP contribution >= 0.6 is 0 Å². The van der Waals surface area contributed by atoms with E-state index in [-0.39, 0.29) is 5.91 Å². The van der Waals surface area contributed by atoms with Gasteiger partial charge in [-0.2, -0.15) is 0 Å². The van der Waals surface area contributed by atoms with Gasteiger partial charge in [-0.05, 0) is 30.5 Å². The largest absolute Gasteiger partial charge is 0.480 e. The molecule has 128 valence electrons. The Hall–Kier alpha value is -2.63. The zero-order valence-corrected chi connectivity index (χ0v) is 13.7. The van der Waals surface area contributed by atoms with Crippen LogP contribution in [-0.2, 0) is 14.4 Å². The monoisotopic (exact) mass is 330 g/mol. The molecule has 0 radical (unpaired) electrons. The SMILES string of the molecule is CC(=O)Nc1ccccc1C=CC(=O)NC1(C(=O)O)CCCCC1. The standard InChI is InChI=1S/C18H22N2O4/c1-13(21)19-15-8-4-3-7-14(15)9-10-16(22)20-18(17(23)24)11-5-2-6-12-18/h3-4,7-10H,2,5-6,11-12H2,1H3,(H,19,21)(H,20,22)(H,23,24). The number of carboxylic acid groups (broad SMARTS) is 1. The van der Waals surface area contributed by atoms with Gasteiger partial charge in [0.2, 0.25) is 11.8 Å². The second-order valence-corrected chi connectivity index (χ2v) is 6.04. The lowest BCUT2D eigenvalue weighted by Gasteiger charge is -2.33. The van der Waals surface area contributed by atoms with Gasteiger partial charge in [-0.1, -0.05) is 37.5 Å². The summed E-state index contributed by atoms with van der Waals surface area (Å²) in [7, 11) is 0. The van der Waals surface area contributed by atoms with Gasteiger partial charge in [-0.25, -0.2) is 4.79 Å². The summed E-state index contributed by atoms with van der Waals surface area (Å²) in [5.74, 6) is -1.63. The van der Waals surface area contributed by atoms with Gasteiger partial charge >= 0.3 is 5.97 Å². The summed E-state index contributed by atoms with van der Waals surface area (Å²) in [4.78, 5) is 35.0. The van der Waals surface area contributed by atoms with Crippen LogP contribution in [0.25, 0.3) is 6.08 Å². The summed E-state index contributed by atoms with van der Waals surface area (Å²) in [6.45, 7) is 1.41. The first-order valence-electron chi connectivity index (χ1n) is 8.03. The van der Waals surface area contributed by atoms with Gasteiger partial charge in [0.15, 0.2) is 0 Å². The van der Waals surface area contributed by atoms with Crippen molar-refractivity contribution in [3.63, 3.8) is 0 Å². The molecule has 0 atom stereocenters. The topological polar surface area (TPSA) is 95.5 Å². The number of carboxylic acids is 1. The van der Waals surface area contributed by atoms with Crippen molar-refractivity contribution in [2.24, 2.45) is 0 Å². The second-order valence-electron chi connectivity index (χ2n) is 6.04. The van der Waals surface area contributed by atoms with E-state index in [0.717, 1.165) is 19.3 Å². The van der Waals surface area contributed by atoms with Gasteiger partial charge < -0.3 is 15.7 Å². The van der Waals surface area contributed by atoms with Crippen molar-refractivity contribution in [3.05, 3.63) is 35.9 Å². The van der Waals surface area contributed by atoms with Crippen LogP contribution in [-0.4, -0.2) is 28.4 Å². The summed E-state index contributed by atoms with van der Waals surface area (Å²) in [5, 5.41) is 14.8. The number of hydrogen-bond donors (Lipinski definition) is 3. The van der Waals surface area contributed by atoms with E-state index in [2.05, 4.69) is 10.6 Å². The number of amides is 2. The van der Waals surface area contributed by atoms with E-state index >= 15 is 0 Å². The summed E-state index contributed by atoms with van der Waals surface area (Å²) in [6, 6.07) is 7.08. The molecule has 1 fully saturated rings. The molecule has 2 amide bonds. The molecule has 1 saturated carbocycles. The molecule has 0 unspecified atom stereocenters. The highest BCUT2D eigenvalue weighted by atomic mass is 16.4. The number of aliphatic carboxylic acids is 1. The molecule has 0 saturated heterocycles. The summed E-state index contributed by atoms with van der Waals surface area (Å²) < 4.78 is 0. The van der Waals surface area contributed by atoms with Gasteiger partial charge in [-0.15, -0.1) is 0 Å². The lowest BCUT2D eigenvalue weighted by molar-refractivity contribution is -0.148. The maximum atomic E-state index is 12.2. The van der Waals surface area contributed by atoms with Gasteiger partial charge in [0.1, 0.15) is 5.54 Å². The van der Waals surface area contributed by atoms with Crippen LogP contribution in [0.1, 0.15) is 44.6 Å². The lowest BCUT2D eigenvalue weighted by Crippen LogP contribution is -2.55. The van der Waals surface area contributed by atoms with E-state index in [1.807, 2.05) is 0 Å². The average Bonchev–Trinajstić information content (AvgIpc) is 2.54. The zero-order chi connectivity index (χ0) is 17.6. The maximum Gasteiger partial charge on any atom is 0.329 e. The molecule has 0 aromatic heterocycles. The van der Waals surface area contributed by atoms with Crippen molar-refractivity contribution >= 4 is 29.5 Å². The van der Waals surface area contributed by atoms with Crippen LogP contribution in [0.5, 0.6) is 0 Å². The predicted molar refractivity (Wildman–Crippen MR) is 91.4 cm³/mol. The molecule has 24 heavy (non-hydrogen) atoms. The molecule has 0 spiro atoms. The lowest BCUT2D eigenvalue weighted by atomic mass is 9.81. The van der Waals surface area contributed by atoms with Gasteiger partial charge in [0, 0.05) is 18.7 Å². The minimum absolute atomic E-state index is 0.202. The molecule has 6 heteroatoms. The van der Waals surface area contributed by atoms with Crippen LogP contribution in [0.4, 0.5) is 5.69 Å². The maximum absolute atomic E-state index is 12.2. The van der Waals surface area contributed by atoms with Crippen molar-refractivity contribution in [1.29, 1.82) is 0 Å². The number of carbonyl (C=O) groups excluding carboxylic acids is 2. The first-order valence-corrected chi connectivity index (χ1v) is 8.03. The molecular weight excluding hydrogens is 308 g/mol. The molecule has 0 bridgehead atoms. The third-order valence-corrected chi connectivity index (χ3v) is 4.16. The van der Waals surface area contributed by atoms with Crippen LogP contribution in [0, 0.1) is 0 Å². The molecule has 3 N–H and O–H groups in total. The number of carbonyl (C=O) groups is 3. The molecule has 2 rings (SSSR count). The molecule has 1 aliphatic rings. The van der Waals surface area contributed by atoms with Crippen molar-refractivity contribution in [3.8, 4) is 0 Å². The third-order valence-electron chi connectivity index (χ3n) is 4.16. The highest BCUT2D eigenvalue weighted by Crippen LogP contribution is 2.28. The molecular formula is C18H22N2O4. The number of benzene rings is 1. The Bertz CT molecular complexity index is 661. The number of para-hydroxylation sites is 1. The van der Waals surface area contributed by atoms with E-state index in [9.17, 15) is 19.5 Å². The fourth-order valence-electron chi connectivity index (χ4n) is 2.94. The van der Waals surface area contributed by atoms with E-state index in [1.54, 1.807) is 30.3 Å². The second kappa shape index (κ2) is 7.77. The van der Waals surface area contributed by atoms with Crippen molar-refractivity contribution < 1.29 is 19.5 Å². The van der Waals surface area contributed by atoms with Crippen LogP contribution in [0.3, 0.4) is 0 Å². The highest BCUT2D eigenvalue weighted by Gasteiger charge is 2.40.